The molecule has 1 saturated heterocycles. The average molecular weight is 372 g/mol. The number of imide groups is 1. The van der Waals surface area contributed by atoms with Crippen molar-refractivity contribution in [1.82, 2.24) is 10.4 Å². The highest BCUT2D eigenvalue weighted by atomic mass is 32.1. The third-order valence-electron chi connectivity index (χ3n) is 6.06. The van der Waals surface area contributed by atoms with Gasteiger partial charge in [0.1, 0.15) is 0 Å². The Morgan fingerprint density at radius 2 is 1.81 bits per heavy atom. The van der Waals surface area contributed by atoms with E-state index in [4.69, 9.17) is 0 Å². The molecule has 2 bridgehead atoms. The number of thiophene rings is 1. The second-order valence-corrected chi connectivity index (χ2v) is 8.80. The molecule has 0 unspecified atom stereocenters. The predicted octanol–water partition coefficient (Wildman–Crippen LogP) is 3.32. The van der Waals surface area contributed by atoms with E-state index in [0.29, 0.717) is 5.56 Å². The van der Waals surface area contributed by atoms with Crippen LogP contribution in [0.1, 0.15) is 55.3 Å². The SMILES string of the molecule is CCCc1cc(C(=O)NN2C(=O)[C@@H]3[C@@H](C2=O)[C@H]2CC[C@H]3C2=C(C)C)cs1. The Labute approximate surface area is 157 Å². The molecule has 2 saturated carbocycles. The first-order valence-corrected chi connectivity index (χ1v) is 10.3. The standard InChI is InChI=1S/C20H24N2O3S/c1-4-5-12-8-11(9-26-12)18(23)21-22-19(24)16-13-6-7-14(15(13)10(2)3)17(16)20(22)25/h8-9,13-14,16-17H,4-7H2,1-3H3,(H,21,23)/t13-,14-,16-,17-/m0/s1. The number of hydrogen-bond donors (Lipinski definition) is 1. The van der Waals surface area contributed by atoms with Gasteiger partial charge in [0.15, 0.2) is 0 Å². The summed E-state index contributed by atoms with van der Waals surface area (Å²) < 4.78 is 0. The Morgan fingerprint density at radius 1 is 1.19 bits per heavy atom. The van der Waals surface area contributed by atoms with Gasteiger partial charge in [-0.2, -0.15) is 5.01 Å². The van der Waals surface area contributed by atoms with Gasteiger partial charge in [0.2, 0.25) is 0 Å². The van der Waals surface area contributed by atoms with Gasteiger partial charge in [0, 0.05) is 10.3 Å². The van der Waals surface area contributed by atoms with Crippen LogP contribution in [0.3, 0.4) is 0 Å². The molecular formula is C20H24N2O3S. The summed E-state index contributed by atoms with van der Waals surface area (Å²) in [6.45, 7) is 6.23. The van der Waals surface area contributed by atoms with E-state index in [2.05, 4.69) is 26.2 Å². The summed E-state index contributed by atoms with van der Waals surface area (Å²) >= 11 is 1.54. The number of aryl methyl sites for hydroxylation is 1. The van der Waals surface area contributed by atoms with Crippen LogP contribution in [0.2, 0.25) is 0 Å². The van der Waals surface area contributed by atoms with Crippen LogP contribution in [-0.2, 0) is 16.0 Å². The van der Waals surface area contributed by atoms with Crippen LogP contribution in [0.25, 0.3) is 0 Å². The highest BCUT2D eigenvalue weighted by Crippen LogP contribution is 2.59. The van der Waals surface area contributed by atoms with Crippen LogP contribution in [0.15, 0.2) is 22.6 Å². The lowest BCUT2D eigenvalue weighted by molar-refractivity contribution is -0.143. The maximum atomic E-state index is 12.9. The molecule has 2 heterocycles. The molecule has 1 aliphatic heterocycles. The molecule has 0 radical (unpaired) electrons. The lowest BCUT2D eigenvalue weighted by Gasteiger charge is -2.19. The number of carbonyl (C=O) groups is 3. The van der Waals surface area contributed by atoms with Gasteiger partial charge in [0.25, 0.3) is 17.7 Å². The number of rotatable bonds is 4. The molecule has 5 nitrogen and oxygen atoms in total. The van der Waals surface area contributed by atoms with Crippen LogP contribution in [0.5, 0.6) is 0 Å². The first kappa shape index (κ1) is 17.5. The summed E-state index contributed by atoms with van der Waals surface area (Å²) in [6.07, 6.45) is 3.89. The van der Waals surface area contributed by atoms with E-state index in [1.165, 1.54) is 22.5 Å². The summed E-state index contributed by atoms with van der Waals surface area (Å²) in [4.78, 5) is 39.5. The lowest BCUT2D eigenvalue weighted by atomic mass is 9.81. The summed E-state index contributed by atoms with van der Waals surface area (Å²) in [6, 6.07) is 1.85. The number of hydrazine groups is 1. The molecule has 1 aromatic rings. The first-order chi connectivity index (χ1) is 12.4. The Balaban J connectivity index is 1.53. The fourth-order valence-corrected chi connectivity index (χ4v) is 6.12. The van der Waals surface area contributed by atoms with Gasteiger partial charge in [0.05, 0.1) is 17.4 Å². The number of amides is 3. The fraction of sp³-hybridized carbons (Fsp3) is 0.550. The summed E-state index contributed by atoms with van der Waals surface area (Å²) in [5.74, 6) is -1.07. The van der Waals surface area contributed by atoms with Crippen molar-refractivity contribution in [2.24, 2.45) is 23.7 Å². The third-order valence-corrected chi connectivity index (χ3v) is 7.05. The van der Waals surface area contributed by atoms with E-state index < -0.39 is 0 Å². The highest BCUT2D eigenvalue weighted by molar-refractivity contribution is 7.10. The molecule has 1 N–H and O–H groups in total. The van der Waals surface area contributed by atoms with Crippen LogP contribution < -0.4 is 5.43 Å². The normalized spacial score (nSPS) is 29.5. The zero-order valence-corrected chi connectivity index (χ0v) is 16.2. The van der Waals surface area contributed by atoms with Gasteiger partial charge in [-0.25, -0.2) is 0 Å². The van der Waals surface area contributed by atoms with Crippen molar-refractivity contribution in [1.29, 1.82) is 0 Å². The van der Waals surface area contributed by atoms with Gasteiger partial charge in [-0.1, -0.05) is 24.5 Å². The molecule has 4 rings (SSSR count). The maximum Gasteiger partial charge on any atom is 0.271 e. The monoisotopic (exact) mass is 372 g/mol. The zero-order chi connectivity index (χ0) is 18.6. The Kier molecular flexibility index (Phi) is 4.26. The van der Waals surface area contributed by atoms with Crippen LogP contribution in [0.4, 0.5) is 0 Å². The molecule has 4 atom stereocenters. The largest absolute Gasteiger partial charge is 0.272 e. The molecule has 0 aromatic carbocycles. The minimum absolute atomic E-state index is 0.172. The van der Waals surface area contributed by atoms with E-state index in [0.717, 1.165) is 35.6 Å². The van der Waals surface area contributed by atoms with Crippen molar-refractivity contribution in [3.8, 4) is 0 Å². The number of hydrogen-bond acceptors (Lipinski definition) is 4. The molecule has 3 fully saturated rings. The molecule has 138 valence electrons. The number of carbonyl (C=O) groups excluding carboxylic acids is 3. The minimum atomic E-state index is -0.375. The Hall–Kier alpha value is -1.95. The van der Waals surface area contributed by atoms with Crippen molar-refractivity contribution in [3.05, 3.63) is 33.0 Å². The van der Waals surface area contributed by atoms with Gasteiger partial charge >= 0.3 is 0 Å². The molecule has 2 aliphatic carbocycles. The number of fused-ring (bicyclic) bond motifs is 5. The quantitative estimate of drug-likeness (QED) is 0.651. The third kappa shape index (κ3) is 2.46. The molecule has 0 spiro atoms. The molecule has 6 heteroatoms. The van der Waals surface area contributed by atoms with E-state index in [1.54, 1.807) is 5.38 Å². The molecule has 3 aliphatic rings. The van der Waals surface area contributed by atoms with E-state index in [9.17, 15) is 14.4 Å². The second kappa shape index (κ2) is 6.34. The van der Waals surface area contributed by atoms with Gasteiger partial charge in [-0.15, -0.1) is 11.3 Å². The summed E-state index contributed by atoms with van der Waals surface area (Å²) in [5, 5.41) is 2.79. The molecule has 1 aromatic heterocycles. The van der Waals surface area contributed by atoms with Gasteiger partial charge in [-0.3, -0.25) is 19.8 Å². The molecule has 3 amide bonds. The van der Waals surface area contributed by atoms with Gasteiger partial charge < -0.3 is 0 Å². The second-order valence-electron chi connectivity index (χ2n) is 7.80. The molecule has 26 heavy (non-hydrogen) atoms. The Bertz CT molecular complexity index is 789. The minimum Gasteiger partial charge on any atom is -0.272 e. The van der Waals surface area contributed by atoms with Crippen LogP contribution >= 0.6 is 11.3 Å². The van der Waals surface area contributed by atoms with Crippen LogP contribution in [0, 0.1) is 23.7 Å². The predicted molar refractivity (Wildman–Crippen MR) is 99.2 cm³/mol. The molecular weight excluding hydrogens is 348 g/mol. The van der Waals surface area contributed by atoms with Crippen molar-refractivity contribution in [3.63, 3.8) is 0 Å². The number of allylic oxidation sites excluding steroid dienone is 2. The maximum absolute atomic E-state index is 12.9. The number of nitrogens with zero attached hydrogens (tertiary/aromatic N) is 1. The van der Waals surface area contributed by atoms with E-state index in [1.807, 2.05) is 6.07 Å². The van der Waals surface area contributed by atoms with Crippen molar-refractivity contribution >= 4 is 29.1 Å². The topological polar surface area (TPSA) is 66.5 Å². The number of nitrogens with one attached hydrogen (secondary N) is 1. The lowest BCUT2D eigenvalue weighted by Crippen LogP contribution is -2.47. The van der Waals surface area contributed by atoms with Gasteiger partial charge in [-0.05, 0) is 51.0 Å². The summed E-state index contributed by atoms with van der Waals surface area (Å²) in [7, 11) is 0. The first-order valence-electron chi connectivity index (χ1n) is 9.37. The fourth-order valence-electron chi connectivity index (χ4n) is 5.14. The van der Waals surface area contributed by atoms with Crippen molar-refractivity contribution in [2.75, 3.05) is 0 Å². The van der Waals surface area contributed by atoms with E-state index >= 15 is 0 Å². The zero-order valence-electron chi connectivity index (χ0n) is 15.4. The average Bonchev–Trinajstić information content (AvgIpc) is 3.34. The summed E-state index contributed by atoms with van der Waals surface area (Å²) in [5.41, 5.74) is 5.65. The Morgan fingerprint density at radius 3 is 2.35 bits per heavy atom. The van der Waals surface area contributed by atoms with E-state index in [-0.39, 0.29) is 41.4 Å². The van der Waals surface area contributed by atoms with Crippen LogP contribution in [-0.4, -0.2) is 22.7 Å². The highest BCUT2D eigenvalue weighted by Gasteiger charge is 2.63. The van der Waals surface area contributed by atoms with Crippen molar-refractivity contribution in [2.45, 2.75) is 46.5 Å². The smallest absolute Gasteiger partial charge is 0.271 e. The van der Waals surface area contributed by atoms with Crippen molar-refractivity contribution < 1.29 is 14.4 Å².